The first kappa shape index (κ1) is 18.7. The number of hydrogen-bond acceptors (Lipinski definition) is 1. The van der Waals surface area contributed by atoms with E-state index in [0.29, 0.717) is 5.92 Å². The minimum Gasteiger partial charge on any atom is -0.349 e. The molecule has 1 aliphatic rings. The van der Waals surface area contributed by atoms with Crippen molar-refractivity contribution in [2.75, 3.05) is 0 Å². The first-order valence-electron chi connectivity index (χ1n) is 10.2. The molecule has 0 aliphatic heterocycles. The molecule has 0 bridgehead atoms. The Morgan fingerprint density at radius 1 is 0.962 bits per heavy atom. The van der Waals surface area contributed by atoms with Crippen LogP contribution in [0.1, 0.15) is 75.0 Å². The smallest absolute Gasteiger partial charge is 0.228 e. The van der Waals surface area contributed by atoms with Crippen LogP contribution in [0.4, 0.5) is 0 Å². The molecule has 26 heavy (non-hydrogen) atoms. The number of benzene rings is 2. The molecule has 1 saturated carbocycles. The fraction of sp³-hybridized carbons (Fsp3) is 0.458. The van der Waals surface area contributed by atoms with Crippen LogP contribution in [0.5, 0.6) is 0 Å². The standard InChI is InChI=1S/C24H31NO/c1-2-3-18-22(19-12-6-4-7-13-19)25-24(26)23(21-16-10-11-17-21)20-14-8-5-9-15-20/h4-9,12-15,21-23H,2-3,10-11,16-18H2,1H3,(H,25,26)/t22-,23+/m0/s1. The van der Waals surface area contributed by atoms with Crippen molar-refractivity contribution in [3.05, 3.63) is 71.8 Å². The maximum absolute atomic E-state index is 13.4. The second-order valence-electron chi connectivity index (χ2n) is 7.55. The second kappa shape index (κ2) is 9.56. The molecule has 0 spiro atoms. The molecule has 0 aromatic heterocycles. The number of carbonyl (C=O) groups excluding carboxylic acids is 1. The van der Waals surface area contributed by atoms with Crippen LogP contribution in [-0.2, 0) is 4.79 Å². The quantitative estimate of drug-likeness (QED) is 0.621. The van der Waals surface area contributed by atoms with Crippen LogP contribution in [0.15, 0.2) is 60.7 Å². The van der Waals surface area contributed by atoms with Gasteiger partial charge in [0.05, 0.1) is 12.0 Å². The molecule has 2 atom stereocenters. The number of nitrogens with one attached hydrogen (secondary N) is 1. The molecule has 1 amide bonds. The van der Waals surface area contributed by atoms with E-state index in [1.807, 2.05) is 12.1 Å². The Morgan fingerprint density at radius 3 is 2.12 bits per heavy atom. The lowest BCUT2D eigenvalue weighted by molar-refractivity contribution is -0.124. The average molecular weight is 350 g/mol. The molecular weight excluding hydrogens is 318 g/mol. The molecule has 1 aliphatic carbocycles. The lowest BCUT2D eigenvalue weighted by Crippen LogP contribution is -2.35. The molecule has 2 nitrogen and oxygen atoms in total. The molecule has 2 heteroatoms. The third-order valence-electron chi connectivity index (χ3n) is 5.68. The van der Waals surface area contributed by atoms with Gasteiger partial charge in [-0.2, -0.15) is 0 Å². The van der Waals surface area contributed by atoms with E-state index in [1.165, 1.54) is 24.0 Å². The van der Waals surface area contributed by atoms with Gasteiger partial charge in [-0.15, -0.1) is 0 Å². The maximum atomic E-state index is 13.4. The second-order valence-corrected chi connectivity index (χ2v) is 7.55. The topological polar surface area (TPSA) is 29.1 Å². The lowest BCUT2D eigenvalue weighted by atomic mass is 9.83. The molecular formula is C24H31NO. The van der Waals surface area contributed by atoms with E-state index in [2.05, 4.69) is 60.8 Å². The minimum atomic E-state index is -0.0217. The summed E-state index contributed by atoms with van der Waals surface area (Å²) in [5, 5.41) is 3.40. The summed E-state index contributed by atoms with van der Waals surface area (Å²) in [6.07, 6.45) is 8.09. The zero-order valence-corrected chi connectivity index (χ0v) is 15.9. The fourth-order valence-corrected chi connectivity index (χ4v) is 4.27. The Morgan fingerprint density at radius 2 is 1.54 bits per heavy atom. The first-order valence-corrected chi connectivity index (χ1v) is 10.2. The predicted octanol–water partition coefficient (Wildman–Crippen LogP) is 6.01. The van der Waals surface area contributed by atoms with Gasteiger partial charge in [0.25, 0.3) is 0 Å². The largest absolute Gasteiger partial charge is 0.349 e. The average Bonchev–Trinajstić information content (AvgIpc) is 3.21. The molecule has 2 aromatic rings. The van der Waals surface area contributed by atoms with Gasteiger partial charge >= 0.3 is 0 Å². The van der Waals surface area contributed by atoms with Gasteiger partial charge in [-0.25, -0.2) is 0 Å². The highest BCUT2D eigenvalue weighted by Crippen LogP contribution is 2.38. The molecule has 138 valence electrons. The van der Waals surface area contributed by atoms with Gasteiger partial charge in [0, 0.05) is 0 Å². The first-order chi connectivity index (χ1) is 12.8. The number of hydrogen-bond donors (Lipinski definition) is 1. The van der Waals surface area contributed by atoms with Crippen molar-refractivity contribution in [1.82, 2.24) is 5.32 Å². The highest BCUT2D eigenvalue weighted by Gasteiger charge is 2.32. The normalized spacial score (nSPS) is 17.0. The van der Waals surface area contributed by atoms with Crippen molar-refractivity contribution >= 4 is 5.91 Å². The summed E-state index contributed by atoms with van der Waals surface area (Å²) in [6.45, 7) is 2.20. The summed E-state index contributed by atoms with van der Waals surface area (Å²) in [4.78, 5) is 13.4. The molecule has 3 rings (SSSR count). The molecule has 0 saturated heterocycles. The van der Waals surface area contributed by atoms with E-state index < -0.39 is 0 Å². The van der Waals surface area contributed by atoms with Crippen LogP contribution >= 0.6 is 0 Å². The van der Waals surface area contributed by atoms with Gasteiger partial charge in [0.2, 0.25) is 5.91 Å². The molecule has 0 heterocycles. The van der Waals surface area contributed by atoms with Gasteiger partial charge in [0.15, 0.2) is 0 Å². The number of rotatable bonds is 8. The molecule has 1 fully saturated rings. The Labute approximate surface area is 158 Å². The van der Waals surface area contributed by atoms with Crippen LogP contribution in [0.25, 0.3) is 0 Å². The summed E-state index contributed by atoms with van der Waals surface area (Å²) in [6, 6.07) is 20.9. The highest BCUT2D eigenvalue weighted by molar-refractivity contribution is 5.84. The SMILES string of the molecule is CCCC[C@H](NC(=O)[C@H](c1ccccc1)C1CCCC1)c1ccccc1. The predicted molar refractivity (Wildman–Crippen MR) is 108 cm³/mol. The van der Waals surface area contributed by atoms with Crippen molar-refractivity contribution in [3.63, 3.8) is 0 Å². The van der Waals surface area contributed by atoms with E-state index in [0.717, 1.165) is 32.1 Å². The lowest BCUT2D eigenvalue weighted by Gasteiger charge is -2.27. The van der Waals surface area contributed by atoms with Gasteiger partial charge < -0.3 is 5.32 Å². The van der Waals surface area contributed by atoms with Crippen molar-refractivity contribution in [3.8, 4) is 0 Å². The van der Waals surface area contributed by atoms with Crippen LogP contribution in [0.2, 0.25) is 0 Å². The van der Waals surface area contributed by atoms with Crippen LogP contribution in [0, 0.1) is 5.92 Å². The Kier molecular flexibility index (Phi) is 6.88. The molecule has 0 unspecified atom stereocenters. The van der Waals surface area contributed by atoms with Crippen LogP contribution in [-0.4, -0.2) is 5.91 Å². The van der Waals surface area contributed by atoms with E-state index in [-0.39, 0.29) is 17.9 Å². The third-order valence-corrected chi connectivity index (χ3v) is 5.68. The van der Waals surface area contributed by atoms with Gasteiger partial charge in [-0.3, -0.25) is 4.79 Å². The zero-order chi connectivity index (χ0) is 18.2. The van der Waals surface area contributed by atoms with Crippen LogP contribution < -0.4 is 5.32 Å². The van der Waals surface area contributed by atoms with Gasteiger partial charge in [-0.05, 0) is 36.3 Å². The van der Waals surface area contributed by atoms with Crippen molar-refractivity contribution in [2.24, 2.45) is 5.92 Å². The summed E-state index contributed by atoms with van der Waals surface area (Å²) in [7, 11) is 0. The van der Waals surface area contributed by atoms with E-state index in [9.17, 15) is 4.79 Å². The van der Waals surface area contributed by atoms with Crippen molar-refractivity contribution in [1.29, 1.82) is 0 Å². The Hall–Kier alpha value is -2.09. The molecule has 2 aromatic carbocycles. The summed E-state index contributed by atoms with van der Waals surface area (Å²) in [5.74, 6) is 0.652. The van der Waals surface area contributed by atoms with E-state index in [4.69, 9.17) is 0 Å². The Bertz CT molecular complexity index is 661. The monoisotopic (exact) mass is 349 g/mol. The number of carbonyl (C=O) groups is 1. The van der Waals surface area contributed by atoms with Gasteiger partial charge in [-0.1, -0.05) is 93.3 Å². The highest BCUT2D eigenvalue weighted by atomic mass is 16.2. The van der Waals surface area contributed by atoms with E-state index in [1.54, 1.807) is 0 Å². The van der Waals surface area contributed by atoms with Crippen molar-refractivity contribution in [2.45, 2.75) is 63.8 Å². The zero-order valence-electron chi connectivity index (χ0n) is 15.9. The summed E-state index contributed by atoms with van der Waals surface area (Å²) < 4.78 is 0. The van der Waals surface area contributed by atoms with Crippen molar-refractivity contribution < 1.29 is 4.79 Å². The third kappa shape index (κ3) is 4.75. The Balaban J connectivity index is 1.80. The van der Waals surface area contributed by atoms with Crippen LogP contribution in [0.3, 0.4) is 0 Å². The summed E-state index contributed by atoms with van der Waals surface area (Å²) in [5.41, 5.74) is 2.38. The number of unbranched alkanes of at least 4 members (excludes halogenated alkanes) is 1. The molecule has 0 radical (unpaired) electrons. The number of amides is 1. The minimum absolute atomic E-state index is 0.0217. The summed E-state index contributed by atoms with van der Waals surface area (Å²) >= 11 is 0. The van der Waals surface area contributed by atoms with Gasteiger partial charge in [0.1, 0.15) is 0 Å². The fourth-order valence-electron chi connectivity index (χ4n) is 4.27. The maximum Gasteiger partial charge on any atom is 0.228 e. The van der Waals surface area contributed by atoms with E-state index >= 15 is 0 Å². The molecule has 1 N–H and O–H groups in total.